The van der Waals surface area contributed by atoms with Crippen molar-refractivity contribution in [3.05, 3.63) is 72.1 Å². The second kappa shape index (κ2) is 9.09. The van der Waals surface area contributed by atoms with Gasteiger partial charge in [-0.25, -0.2) is 19.9 Å². The number of imidazole rings is 2. The van der Waals surface area contributed by atoms with E-state index < -0.39 is 29.4 Å². The van der Waals surface area contributed by atoms with Gasteiger partial charge >= 0.3 is 12.4 Å². The van der Waals surface area contributed by atoms with Gasteiger partial charge in [-0.15, -0.1) is 0 Å². The molecule has 0 aromatic carbocycles. The van der Waals surface area contributed by atoms with Crippen molar-refractivity contribution in [1.29, 1.82) is 0 Å². The first-order chi connectivity index (χ1) is 17.3. The predicted molar refractivity (Wildman–Crippen MR) is 118 cm³/mol. The summed E-state index contributed by atoms with van der Waals surface area (Å²) >= 11 is 0. The molecule has 4 heterocycles. The third-order valence-corrected chi connectivity index (χ3v) is 5.61. The zero-order valence-electron chi connectivity index (χ0n) is 19.9. The van der Waals surface area contributed by atoms with Crippen molar-refractivity contribution in [2.45, 2.75) is 31.6 Å². The SMILES string of the molecule is COc1cc(-n2ccnc2C(F)(F)F)nc(C(C)(C)c2cc(OC)cc(-n3ccnc3C(F)(F)F)n2)c1. The van der Waals surface area contributed by atoms with E-state index in [1.54, 1.807) is 13.8 Å². The normalized spacial score (nSPS) is 12.6. The van der Waals surface area contributed by atoms with E-state index in [9.17, 15) is 26.3 Å². The van der Waals surface area contributed by atoms with Crippen LogP contribution in [0.1, 0.15) is 36.9 Å². The summed E-state index contributed by atoms with van der Waals surface area (Å²) in [4.78, 5) is 15.6. The smallest absolute Gasteiger partial charge is 0.450 e. The van der Waals surface area contributed by atoms with Crippen LogP contribution in [-0.4, -0.2) is 43.3 Å². The average molecular weight is 526 g/mol. The molecule has 0 atom stereocenters. The minimum atomic E-state index is -4.74. The lowest BCUT2D eigenvalue weighted by molar-refractivity contribution is -0.146. The van der Waals surface area contributed by atoms with Crippen molar-refractivity contribution in [2.24, 2.45) is 0 Å². The minimum Gasteiger partial charge on any atom is -0.497 e. The summed E-state index contributed by atoms with van der Waals surface area (Å²) in [5, 5.41) is 0. The fourth-order valence-corrected chi connectivity index (χ4v) is 3.63. The van der Waals surface area contributed by atoms with Crippen LogP contribution in [-0.2, 0) is 17.8 Å². The van der Waals surface area contributed by atoms with Gasteiger partial charge in [0.2, 0.25) is 11.6 Å². The first-order valence-electron chi connectivity index (χ1n) is 10.6. The van der Waals surface area contributed by atoms with Crippen LogP contribution in [0.5, 0.6) is 11.5 Å². The highest BCUT2D eigenvalue weighted by molar-refractivity contribution is 5.45. The second-order valence-corrected chi connectivity index (χ2v) is 8.36. The second-order valence-electron chi connectivity index (χ2n) is 8.36. The van der Waals surface area contributed by atoms with Gasteiger partial charge in [0.25, 0.3) is 0 Å². The van der Waals surface area contributed by atoms with E-state index in [1.807, 2.05) is 0 Å². The van der Waals surface area contributed by atoms with Gasteiger partial charge < -0.3 is 9.47 Å². The third kappa shape index (κ3) is 4.95. The van der Waals surface area contributed by atoms with Crippen molar-refractivity contribution in [1.82, 2.24) is 29.1 Å². The lowest BCUT2D eigenvalue weighted by Gasteiger charge is -2.26. The van der Waals surface area contributed by atoms with Gasteiger partial charge in [-0.3, -0.25) is 9.13 Å². The molecule has 0 fully saturated rings. The number of hydrogen-bond donors (Lipinski definition) is 0. The maximum atomic E-state index is 13.5. The zero-order valence-corrected chi connectivity index (χ0v) is 19.9. The van der Waals surface area contributed by atoms with Gasteiger partial charge in [0.1, 0.15) is 23.1 Å². The molecule has 0 saturated carbocycles. The predicted octanol–water partition coefficient (Wildman–Crippen LogP) is 5.23. The number of ether oxygens (including phenoxy) is 2. The van der Waals surface area contributed by atoms with Gasteiger partial charge in [-0.1, -0.05) is 0 Å². The first-order valence-corrected chi connectivity index (χ1v) is 10.6. The highest BCUT2D eigenvalue weighted by atomic mass is 19.4. The molecule has 4 aromatic rings. The molecule has 196 valence electrons. The van der Waals surface area contributed by atoms with Gasteiger partial charge in [-0.05, 0) is 13.8 Å². The number of pyridine rings is 2. The summed E-state index contributed by atoms with van der Waals surface area (Å²) in [6.45, 7) is 3.34. The zero-order chi connectivity index (χ0) is 27.2. The van der Waals surface area contributed by atoms with Gasteiger partial charge in [0.05, 0.1) is 25.6 Å². The molecule has 4 rings (SSSR count). The number of hydrogen-bond acceptors (Lipinski definition) is 6. The van der Waals surface area contributed by atoms with E-state index in [0.717, 1.165) is 33.9 Å². The van der Waals surface area contributed by atoms with Crippen LogP contribution < -0.4 is 9.47 Å². The van der Waals surface area contributed by atoms with E-state index in [4.69, 9.17) is 9.47 Å². The van der Waals surface area contributed by atoms with E-state index >= 15 is 0 Å². The first kappa shape index (κ1) is 26.0. The van der Waals surface area contributed by atoms with Crippen LogP contribution in [0.3, 0.4) is 0 Å². The Kier molecular flexibility index (Phi) is 6.38. The van der Waals surface area contributed by atoms with Crippen LogP contribution in [0.2, 0.25) is 0 Å². The van der Waals surface area contributed by atoms with E-state index in [0.29, 0.717) is 0 Å². The monoisotopic (exact) mass is 526 g/mol. The summed E-state index contributed by atoms with van der Waals surface area (Å²) in [6, 6.07) is 5.63. The van der Waals surface area contributed by atoms with Crippen LogP contribution in [0.4, 0.5) is 26.3 Å². The van der Waals surface area contributed by atoms with Crippen molar-refractivity contribution in [2.75, 3.05) is 14.2 Å². The molecule has 0 radical (unpaired) electrons. The van der Waals surface area contributed by atoms with Gasteiger partial charge in [-0.2, -0.15) is 26.3 Å². The molecule has 0 bridgehead atoms. The van der Waals surface area contributed by atoms with E-state index in [1.165, 1.54) is 38.5 Å². The Bertz CT molecular complexity index is 1320. The van der Waals surface area contributed by atoms with Gasteiger partial charge in [0, 0.05) is 54.5 Å². The summed E-state index contributed by atoms with van der Waals surface area (Å²) in [6.07, 6.45) is -5.27. The Morgan fingerprint density at radius 1 is 0.649 bits per heavy atom. The fourth-order valence-electron chi connectivity index (χ4n) is 3.63. The highest BCUT2D eigenvalue weighted by Crippen LogP contribution is 2.37. The average Bonchev–Trinajstić information content (AvgIpc) is 3.53. The number of halogens is 6. The molecule has 37 heavy (non-hydrogen) atoms. The van der Waals surface area contributed by atoms with Crippen LogP contribution in [0, 0.1) is 0 Å². The molecule has 0 unspecified atom stereocenters. The largest absolute Gasteiger partial charge is 0.497 e. The maximum absolute atomic E-state index is 13.5. The summed E-state index contributed by atoms with van der Waals surface area (Å²) < 4.78 is 93.0. The number of nitrogens with zero attached hydrogens (tertiary/aromatic N) is 6. The molecule has 8 nitrogen and oxygen atoms in total. The number of rotatable bonds is 6. The van der Waals surface area contributed by atoms with Crippen molar-refractivity contribution < 1.29 is 35.8 Å². The standard InChI is InChI=1S/C23H20F6N6O2/c1-21(2,15-9-13(36-3)11-17(32-15)34-7-5-30-19(34)22(24,25)26)16-10-14(37-4)12-18(33-16)35-8-6-31-20(35)23(27,28)29/h5-12H,1-4H3. The molecule has 0 aliphatic carbocycles. The molecule has 0 spiro atoms. The van der Waals surface area contributed by atoms with Gasteiger partial charge in [0.15, 0.2) is 0 Å². The molecule has 14 heteroatoms. The molecule has 0 aliphatic rings. The lowest BCUT2D eigenvalue weighted by Crippen LogP contribution is -2.25. The molecular formula is C23H20F6N6O2. The van der Waals surface area contributed by atoms with Crippen molar-refractivity contribution in [3.63, 3.8) is 0 Å². The number of alkyl halides is 6. The number of methoxy groups -OCH3 is 2. The summed E-state index contributed by atoms with van der Waals surface area (Å²) in [5.41, 5.74) is -0.668. The quantitative estimate of drug-likeness (QED) is 0.320. The number of aromatic nitrogens is 6. The maximum Gasteiger partial charge on any atom is 0.450 e. The van der Waals surface area contributed by atoms with Crippen LogP contribution >= 0.6 is 0 Å². The van der Waals surface area contributed by atoms with Crippen molar-refractivity contribution >= 4 is 0 Å². The molecule has 0 aliphatic heterocycles. The van der Waals surface area contributed by atoms with E-state index in [2.05, 4.69) is 19.9 Å². The molecular weight excluding hydrogens is 506 g/mol. The van der Waals surface area contributed by atoms with Crippen LogP contribution in [0.25, 0.3) is 11.6 Å². The Hall–Kier alpha value is -4.10. The summed E-state index contributed by atoms with van der Waals surface area (Å²) in [5.74, 6) is -2.20. The molecule has 0 amide bonds. The Labute approximate surface area is 206 Å². The molecule has 4 aromatic heterocycles. The molecule has 0 saturated heterocycles. The molecule has 0 N–H and O–H groups in total. The fraction of sp³-hybridized carbons (Fsp3) is 0.304. The Morgan fingerprint density at radius 3 is 1.35 bits per heavy atom. The lowest BCUT2D eigenvalue weighted by atomic mass is 9.84. The summed E-state index contributed by atoms with van der Waals surface area (Å²) in [7, 11) is 2.68. The van der Waals surface area contributed by atoms with Crippen LogP contribution in [0.15, 0.2) is 49.1 Å². The highest BCUT2D eigenvalue weighted by Gasteiger charge is 2.38. The van der Waals surface area contributed by atoms with Crippen molar-refractivity contribution in [3.8, 4) is 23.1 Å². The Morgan fingerprint density at radius 2 is 1.03 bits per heavy atom. The topological polar surface area (TPSA) is 79.9 Å². The third-order valence-electron chi connectivity index (χ3n) is 5.61. The van der Waals surface area contributed by atoms with E-state index in [-0.39, 0.29) is 34.5 Å². The minimum absolute atomic E-state index is 0.121. The Balaban J connectivity index is 1.88.